The predicted molar refractivity (Wildman–Crippen MR) is 87.4 cm³/mol. The minimum atomic E-state index is -0.464. The predicted octanol–water partition coefficient (Wildman–Crippen LogP) is 2.26. The highest BCUT2D eigenvalue weighted by atomic mass is 32.1. The van der Waals surface area contributed by atoms with Gasteiger partial charge in [-0.1, -0.05) is 18.2 Å². The van der Waals surface area contributed by atoms with Crippen LogP contribution in [0.2, 0.25) is 0 Å². The summed E-state index contributed by atoms with van der Waals surface area (Å²) < 4.78 is 5.71. The van der Waals surface area contributed by atoms with Gasteiger partial charge in [-0.2, -0.15) is 0 Å². The average Bonchev–Trinajstić information content (AvgIpc) is 3.10. The van der Waals surface area contributed by atoms with Crippen LogP contribution in [0.5, 0.6) is 5.75 Å². The Morgan fingerprint density at radius 3 is 2.59 bits per heavy atom. The van der Waals surface area contributed by atoms with Crippen molar-refractivity contribution in [1.29, 1.82) is 0 Å². The van der Waals surface area contributed by atoms with Crippen molar-refractivity contribution in [3.05, 3.63) is 41.9 Å². The number of hydrogen-bond donors (Lipinski definition) is 0. The van der Waals surface area contributed by atoms with Crippen molar-refractivity contribution < 1.29 is 9.53 Å². The smallest absolute Gasteiger partial charge is 0.263 e. The number of carbonyl (C=O) groups is 1. The van der Waals surface area contributed by atoms with E-state index in [2.05, 4.69) is 9.88 Å². The van der Waals surface area contributed by atoms with Crippen molar-refractivity contribution in [2.75, 3.05) is 31.1 Å². The van der Waals surface area contributed by atoms with E-state index in [4.69, 9.17) is 4.74 Å². The first-order chi connectivity index (χ1) is 10.7. The average molecular weight is 317 g/mol. The number of anilines is 1. The number of aromatic nitrogens is 1. The quantitative estimate of drug-likeness (QED) is 0.868. The normalized spacial score (nSPS) is 16.4. The molecule has 22 heavy (non-hydrogen) atoms. The largest absolute Gasteiger partial charge is 0.481 e. The highest BCUT2D eigenvalue weighted by molar-refractivity contribution is 7.13. The minimum Gasteiger partial charge on any atom is -0.481 e. The van der Waals surface area contributed by atoms with E-state index in [0.717, 1.165) is 24.0 Å². The molecule has 0 unspecified atom stereocenters. The van der Waals surface area contributed by atoms with E-state index in [0.29, 0.717) is 13.1 Å². The molecule has 0 N–H and O–H groups in total. The van der Waals surface area contributed by atoms with E-state index in [1.165, 1.54) is 0 Å². The fourth-order valence-corrected chi connectivity index (χ4v) is 3.20. The maximum atomic E-state index is 12.5. The summed E-state index contributed by atoms with van der Waals surface area (Å²) >= 11 is 1.63. The van der Waals surface area contributed by atoms with Crippen LogP contribution in [0.3, 0.4) is 0 Å². The molecule has 3 rings (SSSR count). The zero-order valence-corrected chi connectivity index (χ0v) is 13.3. The van der Waals surface area contributed by atoms with E-state index in [1.54, 1.807) is 11.3 Å². The van der Waals surface area contributed by atoms with Crippen molar-refractivity contribution >= 4 is 22.4 Å². The summed E-state index contributed by atoms with van der Waals surface area (Å²) in [7, 11) is 0. The number of carbonyl (C=O) groups excluding carboxylic acids is 1. The zero-order valence-electron chi connectivity index (χ0n) is 12.5. The minimum absolute atomic E-state index is 0.0441. The second-order valence-corrected chi connectivity index (χ2v) is 6.07. The van der Waals surface area contributed by atoms with Crippen LogP contribution in [0.25, 0.3) is 0 Å². The molecule has 0 bridgehead atoms. The number of rotatable bonds is 4. The molecular formula is C16H19N3O2S. The highest BCUT2D eigenvalue weighted by Crippen LogP contribution is 2.19. The van der Waals surface area contributed by atoms with E-state index < -0.39 is 6.10 Å². The first kappa shape index (κ1) is 14.8. The number of nitrogens with zero attached hydrogens (tertiary/aromatic N) is 3. The first-order valence-electron chi connectivity index (χ1n) is 7.39. The molecule has 2 heterocycles. The van der Waals surface area contributed by atoms with Gasteiger partial charge in [0, 0.05) is 37.8 Å². The number of thiazole rings is 1. The fraction of sp³-hybridized carbons (Fsp3) is 0.375. The van der Waals surface area contributed by atoms with Gasteiger partial charge >= 0.3 is 0 Å². The summed E-state index contributed by atoms with van der Waals surface area (Å²) in [5.41, 5.74) is 0. The lowest BCUT2D eigenvalue weighted by Gasteiger charge is -2.35. The number of ether oxygens (including phenoxy) is 1. The van der Waals surface area contributed by atoms with E-state index in [1.807, 2.05) is 53.7 Å². The van der Waals surface area contributed by atoms with Gasteiger partial charge in [-0.25, -0.2) is 4.98 Å². The Hall–Kier alpha value is -2.08. The Bertz CT molecular complexity index is 595. The Morgan fingerprint density at radius 2 is 1.95 bits per heavy atom. The third kappa shape index (κ3) is 3.39. The lowest BCUT2D eigenvalue weighted by molar-refractivity contribution is -0.138. The standard InChI is InChI=1S/C16H19N3O2S/c1-13(21-14-5-3-2-4-6-14)15(20)18-8-10-19(11-9-18)16-17-7-12-22-16/h2-7,12-13H,8-11H2,1H3/t13-/m0/s1. The topological polar surface area (TPSA) is 45.7 Å². The molecule has 0 aliphatic carbocycles. The highest BCUT2D eigenvalue weighted by Gasteiger charge is 2.26. The first-order valence-corrected chi connectivity index (χ1v) is 8.27. The number of amides is 1. The molecule has 6 heteroatoms. The van der Waals surface area contributed by atoms with Gasteiger partial charge in [0.15, 0.2) is 11.2 Å². The molecule has 1 aliphatic heterocycles. The number of benzene rings is 1. The van der Waals surface area contributed by atoms with Crippen LogP contribution >= 0.6 is 11.3 Å². The fourth-order valence-electron chi connectivity index (χ4n) is 2.50. The molecule has 1 aromatic carbocycles. The second-order valence-electron chi connectivity index (χ2n) is 5.20. The van der Waals surface area contributed by atoms with Crippen molar-refractivity contribution in [2.24, 2.45) is 0 Å². The SMILES string of the molecule is C[C@H](Oc1ccccc1)C(=O)N1CCN(c2nccs2)CC1. The monoisotopic (exact) mass is 317 g/mol. The molecule has 5 nitrogen and oxygen atoms in total. The van der Waals surface area contributed by atoms with Crippen molar-refractivity contribution in [3.63, 3.8) is 0 Å². The van der Waals surface area contributed by atoms with Gasteiger partial charge in [-0.05, 0) is 19.1 Å². The third-order valence-corrected chi connectivity index (χ3v) is 4.52. The molecule has 1 aromatic heterocycles. The summed E-state index contributed by atoms with van der Waals surface area (Å²) in [6.07, 6.45) is 1.35. The van der Waals surface area contributed by atoms with Gasteiger partial charge in [0.25, 0.3) is 5.91 Å². The number of para-hydroxylation sites is 1. The molecule has 1 amide bonds. The molecule has 1 saturated heterocycles. The van der Waals surface area contributed by atoms with Crippen LogP contribution in [-0.2, 0) is 4.79 Å². The van der Waals surface area contributed by atoms with Crippen LogP contribution in [0, 0.1) is 0 Å². The van der Waals surface area contributed by atoms with Crippen LogP contribution in [0.1, 0.15) is 6.92 Å². The van der Waals surface area contributed by atoms with Crippen molar-refractivity contribution in [3.8, 4) is 5.75 Å². The molecule has 1 aliphatic rings. The molecular weight excluding hydrogens is 298 g/mol. The molecule has 1 atom stereocenters. The van der Waals surface area contributed by atoms with Crippen molar-refractivity contribution in [2.45, 2.75) is 13.0 Å². The van der Waals surface area contributed by atoms with Gasteiger partial charge in [-0.15, -0.1) is 11.3 Å². The Morgan fingerprint density at radius 1 is 1.23 bits per heavy atom. The Balaban J connectivity index is 1.53. The summed E-state index contributed by atoms with van der Waals surface area (Å²) in [5.74, 6) is 0.771. The molecule has 0 radical (unpaired) electrons. The van der Waals surface area contributed by atoms with Gasteiger partial charge in [-0.3, -0.25) is 4.79 Å². The summed E-state index contributed by atoms with van der Waals surface area (Å²) in [6.45, 7) is 4.86. The van der Waals surface area contributed by atoms with E-state index in [-0.39, 0.29) is 5.91 Å². The zero-order chi connectivity index (χ0) is 15.4. The van der Waals surface area contributed by atoms with Gasteiger partial charge < -0.3 is 14.5 Å². The molecule has 116 valence electrons. The van der Waals surface area contributed by atoms with Crippen molar-refractivity contribution in [1.82, 2.24) is 9.88 Å². The molecule has 2 aromatic rings. The van der Waals surface area contributed by atoms with Crippen LogP contribution in [0.15, 0.2) is 41.9 Å². The van der Waals surface area contributed by atoms with Crippen LogP contribution in [-0.4, -0.2) is 48.1 Å². The summed E-state index contributed by atoms with van der Waals surface area (Å²) in [4.78, 5) is 20.9. The Kier molecular flexibility index (Phi) is 4.58. The summed E-state index contributed by atoms with van der Waals surface area (Å²) in [6, 6.07) is 9.46. The van der Waals surface area contributed by atoms with Gasteiger partial charge in [0.1, 0.15) is 5.75 Å². The van der Waals surface area contributed by atoms with E-state index in [9.17, 15) is 4.79 Å². The lowest BCUT2D eigenvalue weighted by atomic mass is 10.2. The second kappa shape index (κ2) is 6.79. The molecule has 0 spiro atoms. The van der Waals surface area contributed by atoms with Crippen LogP contribution < -0.4 is 9.64 Å². The maximum Gasteiger partial charge on any atom is 0.263 e. The lowest BCUT2D eigenvalue weighted by Crippen LogP contribution is -2.52. The maximum absolute atomic E-state index is 12.5. The van der Waals surface area contributed by atoms with E-state index >= 15 is 0 Å². The number of piperazine rings is 1. The third-order valence-electron chi connectivity index (χ3n) is 3.68. The molecule has 0 saturated carbocycles. The Labute approximate surface area is 134 Å². The summed E-state index contributed by atoms with van der Waals surface area (Å²) in [5, 5.41) is 3.00. The van der Waals surface area contributed by atoms with Crippen LogP contribution in [0.4, 0.5) is 5.13 Å². The van der Waals surface area contributed by atoms with Gasteiger partial charge in [0.2, 0.25) is 0 Å². The molecule has 1 fully saturated rings. The number of hydrogen-bond acceptors (Lipinski definition) is 5. The van der Waals surface area contributed by atoms with Gasteiger partial charge in [0.05, 0.1) is 0 Å².